The number of nitrogens with two attached hydrogens (primary N) is 1. The zero-order valence-corrected chi connectivity index (χ0v) is 9.92. The molecule has 1 aromatic carbocycles. The van der Waals surface area contributed by atoms with Crippen molar-refractivity contribution in [2.24, 2.45) is 5.73 Å². The Hall–Kier alpha value is -1.56. The molecule has 0 aliphatic rings. The molecule has 0 radical (unpaired) electrons. The Morgan fingerprint density at radius 3 is 2.56 bits per heavy atom. The molecular weight excluding hydrogens is 245 g/mol. The van der Waals surface area contributed by atoms with Gasteiger partial charge in [0.2, 0.25) is 5.91 Å². The summed E-state index contributed by atoms with van der Waals surface area (Å²) in [6.45, 7) is 1.84. The third-order valence-corrected chi connectivity index (χ3v) is 2.43. The SMILES string of the molecule is CCCC(N)C(=O)Nc1ccccc1C(F)(F)F. The minimum atomic E-state index is -4.50. The van der Waals surface area contributed by atoms with Crippen LogP contribution in [0.4, 0.5) is 18.9 Å². The normalized spacial score (nSPS) is 13.2. The second kappa shape index (κ2) is 5.86. The largest absolute Gasteiger partial charge is 0.418 e. The van der Waals surface area contributed by atoms with Gasteiger partial charge in [0.05, 0.1) is 17.3 Å². The van der Waals surface area contributed by atoms with Crippen molar-refractivity contribution in [3.05, 3.63) is 29.8 Å². The van der Waals surface area contributed by atoms with Gasteiger partial charge in [0.1, 0.15) is 0 Å². The first-order valence-electron chi connectivity index (χ1n) is 5.59. The van der Waals surface area contributed by atoms with Gasteiger partial charge in [-0.2, -0.15) is 13.2 Å². The topological polar surface area (TPSA) is 55.1 Å². The van der Waals surface area contributed by atoms with Crippen molar-refractivity contribution in [1.82, 2.24) is 0 Å². The van der Waals surface area contributed by atoms with Gasteiger partial charge in [0, 0.05) is 0 Å². The maximum absolute atomic E-state index is 12.7. The Kier molecular flexibility index (Phi) is 4.72. The van der Waals surface area contributed by atoms with Crippen LogP contribution in [-0.2, 0) is 11.0 Å². The summed E-state index contributed by atoms with van der Waals surface area (Å²) in [4.78, 5) is 11.6. The molecule has 0 heterocycles. The van der Waals surface area contributed by atoms with Crippen molar-refractivity contribution in [3.8, 4) is 0 Å². The fraction of sp³-hybridized carbons (Fsp3) is 0.417. The smallest absolute Gasteiger partial charge is 0.324 e. The number of benzene rings is 1. The lowest BCUT2D eigenvalue weighted by molar-refractivity contribution is -0.137. The Balaban J connectivity index is 2.88. The Morgan fingerprint density at radius 2 is 2.00 bits per heavy atom. The monoisotopic (exact) mass is 260 g/mol. The maximum Gasteiger partial charge on any atom is 0.418 e. The summed E-state index contributed by atoms with van der Waals surface area (Å²) in [5, 5.41) is 2.22. The first-order chi connectivity index (χ1) is 8.36. The number of carbonyl (C=O) groups is 1. The summed E-state index contributed by atoms with van der Waals surface area (Å²) in [6, 6.07) is 4.03. The second-order valence-electron chi connectivity index (χ2n) is 3.93. The molecule has 0 saturated heterocycles. The molecule has 0 spiro atoms. The van der Waals surface area contributed by atoms with Crippen molar-refractivity contribution in [2.45, 2.75) is 32.0 Å². The zero-order chi connectivity index (χ0) is 13.8. The van der Waals surface area contributed by atoms with E-state index < -0.39 is 23.7 Å². The van der Waals surface area contributed by atoms with Gasteiger partial charge in [-0.1, -0.05) is 25.5 Å². The van der Waals surface area contributed by atoms with Crippen LogP contribution in [0.5, 0.6) is 0 Å². The van der Waals surface area contributed by atoms with Crippen LogP contribution in [0, 0.1) is 0 Å². The summed E-state index contributed by atoms with van der Waals surface area (Å²) in [5.74, 6) is -0.603. The quantitative estimate of drug-likeness (QED) is 0.874. The molecule has 3 N–H and O–H groups in total. The maximum atomic E-state index is 12.7. The average molecular weight is 260 g/mol. The van der Waals surface area contributed by atoms with E-state index in [1.165, 1.54) is 18.2 Å². The van der Waals surface area contributed by atoms with Gasteiger partial charge in [-0.05, 0) is 18.6 Å². The molecule has 0 saturated carbocycles. The van der Waals surface area contributed by atoms with E-state index in [0.717, 1.165) is 6.07 Å². The summed E-state index contributed by atoms with van der Waals surface area (Å²) in [7, 11) is 0. The van der Waals surface area contributed by atoms with Gasteiger partial charge in [-0.25, -0.2) is 0 Å². The number of halogens is 3. The van der Waals surface area contributed by atoms with E-state index in [1.807, 2.05) is 6.92 Å². The molecule has 0 aliphatic heterocycles. The number of hydrogen-bond donors (Lipinski definition) is 2. The fourth-order valence-electron chi connectivity index (χ4n) is 1.51. The number of nitrogens with one attached hydrogen (secondary N) is 1. The van der Waals surface area contributed by atoms with E-state index in [9.17, 15) is 18.0 Å². The number of anilines is 1. The molecule has 0 aliphatic carbocycles. The van der Waals surface area contributed by atoms with Crippen LogP contribution in [0.1, 0.15) is 25.3 Å². The summed E-state index contributed by atoms with van der Waals surface area (Å²) >= 11 is 0. The number of carbonyl (C=O) groups excluding carboxylic acids is 1. The first kappa shape index (κ1) is 14.5. The van der Waals surface area contributed by atoms with Crippen molar-refractivity contribution in [3.63, 3.8) is 0 Å². The lowest BCUT2D eigenvalue weighted by Crippen LogP contribution is -2.35. The number of para-hydroxylation sites is 1. The van der Waals surface area contributed by atoms with E-state index in [2.05, 4.69) is 5.32 Å². The van der Waals surface area contributed by atoms with E-state index in [0.29, 0.717) is 12.8 Å². The molecule has 1 aromatic rings. The van der Waals surface area contributed by atoms with Crippen LogP contribution >= 0.6 is 0 Å². The molecule has 1 atom stereocenters. The number of amides is 1. The van der Waals surface area contributed by atoms with Gasteiger partial charge in [-0.3, -0.25) is 4.79 Å². The van der Waals surface area contributed by atoms with Crippen molar-refractivity contribution < 1.29 is 18.0 Å². The molecule has 3 nitrogen and oxygen atoms in total. The van der Waals surface area contributed by atoms with Crippen LogP contribution in [0.3, 0.4) is 0 Å². The van der Waals surface area contributed by atoms with Crippen LogP contribution in [0.15, 0.2) is 24.3 Å². The molecular formula is C12H15F3N2O. The standard InChI is InChI=1S/C12H15F3N2O/c1-2-5-9(16)11(18)17-10-7-4-3-6-8(10)12(13,14)15/h3-4,6-7,9H,2,5,16H2,1H3,(H,17,18). The molecule has 100 valence electrons. The molecule has 0 aromatic heterocycles. The fourth-order valence-corrected chi connectivity index (χ4v) is 1.51. The highest BCUT2D eigenvalue weighted by molar-refractivity contribution is 5.95. The van der Waals surface area contributed by atoms with Gasteiger partial charge in [0.25, 0.3) is 0 Å². The summed E-state index contributed by atoms with van der Waals surface area (Å²) in [6.07, 6.45) is -3.38. The third kappa shape index (κ3) is 3.73. The van der Waals surface area contributed by atoms with Crippen LogP contribution < -0.4 is 11.1 Å². The number of hydrogen-bond acceptors (Lipinski definition) is 2. The summed E-state index contributed by atoms with van der Waals surface area (Å²) < 4.78 is 38.0. The van der Waals surface area contributed by atoms with Crippen LogP contribution in [0.2, 0.25) is 0 Å². The molecule has 6 heteroatoms. The van der Waals surface area contributed by atoms with Crippen molar-refractivity contribution in [2.75, 3.05) is 5.32 Å². The van der Waals surface area contributed by atoms with E-state index in [4.69, 9.17) is 5.73 Å². The van der Waals surface area contributed by atoms with Gasteiger partial charge >= 0.3 is 6.18 Å². The predicted molar refractivity (Wildman–Crippen MR) is 63.0 cm³/mol. The van der Waals surface area contributed by atoms with E-state index in [1.54, 1.807) is 0 Å². The predicted octanol–water partition coefficient (Wildman–Crippen LogP) is 2.77. The lowest BCUT2D eigenvalue weighted by Gasteiger charge is -2.15. The molecule has 0 bridgehead atoms. The Morgan fingerprint density at radius 1 is 1.39 bits per heavy atom. The Labute approximate surface area is 103 Å². The van der Waals surface area contributed by atoms with Gasteiger partial charge in [0.15, 0.2) is 0 Å². The second-order valence-corrected chi connectivity index (χ2v) is 3.93. The minimum Gasteiger partial charge on any atom is -0.324 e. The molecule has 1 amide bonds. The van der Waals surface area contributed by atoms with Crippen molar-refractivity contribution >= 4 is 11.6 Å². The highest BCUT2D eigenvalue weighted by atomic mass is 19.4. The Bertz CT molecular complexity index is 418. The number of alkyl halides is 3. The van der Waals surface area contributed by atoms with Crippen LogP contribution in [-0.4, -0.2) is 11.9 Å². The molecule has 1 rings (SSSR count). The van der Waals surface area contributed by atoms with Gasteiger partial charge in [-0.15, -0.1) is 0 Å². The lowest BCUT2D eigenvalue weighted by atomic mass is 10.1. The molecule has 0 fully saturated rings. The summed E-state index contributed by atoms with van der Waals surface area (Å²) in [5.41, 5.74) is 4.41. The molecule has 18 heavy (non-hydrogen) atoms. The van der Waals surface area contributed by atoms with Crippen molar-refractivity contribution in [1.29, 1.82) is 0 Å². The van der Waals surface area contributed by atoms with E-state index >= 15 is 0 Å². The number of rotatable bonds is 4. The molecule has 1 unspecified atom stereocenters. The average Bonchev–Trinajstić information content (AvgIpc) is 2.28. The highest BCUT2D eigenvalue weighted by Crippen LogP contribution is 2.34. The minimum absolute atomic E-state index is 0.262. The van der Waals surface area contributed by atoms with E-state index in [-0.39, 0.29) is 5.69 Å². The first-order valence-corrected chi connectivity index (χ1v) is 5.59. The third-order valence-electron chi connectivity index (χ3n) is 2.43. The highest BCUT2D eigenvalue weighted by Gasteiger charge is 2.33. The zero-order valence-electron chi connectivity index (χ0n) is 9.92. The van der Waals surface area contributed by atoms with Gasteiger partial charge < -0.3 is 11.1 Å². The van der Waals surface area contributed by atoms with Crippen LogP contribution in [0.25, 0.3) is 0 Å².